The first kappa shape index (κ1) is 21.8. The van der Waals surface area contributed by atoms with E-state index in [4.69, 9.17) is 4.74 Å². The number of hydrogen-bond donors (Lipinski definition) is 2. The number of carbonyl (C=O) groups is 2. The number of anilines is 2. The molecule has 2 aromatic carbocycles. The average molecular weight is 446 g/mol. The van der Waals surface area contributed by atoms with E-state index in [9.17, 15) is 14.4 Å². The van der Waals surface area contributed by atoms with Gasteiger partial charge in [-0.05, 0) is 36.4 Å². The highest BCUT2D eigenvalue weighted by Gasteiger charge is 2.10. The Morgan fingerprint density at radius 2 is 1.76 bits per heavy atom. The summed E-state index contributed by atoms with van der Waals surface area (Å²) in [7, 11) is 1.57. The molecular formula is C23H22N6O4. The Labute approximate surface area is 188 Å². The van der Waals surface area contributed by atoms with Crippen molar-refractivity contribution in [3.8, 4) is 5.75 Å². The first-order valence-corrected chi connectivity index (χ1v) is 10.2. The Bertz CT molecular complexity index is 1340. The number of aromatic nitrogens is 4. The van der Waals surface area contributed by atoms with Crippen molar-refractivity contribution in [3.05, 3.63) is 77.6 Å². The van der Waals surface area contributed by atoms with Crippen LogP contribution in [0.5, 0.6) is 5.75 Å². The molecule has 10 nitrogen and oxygen atoms in total. The third-order valence-corrected chi connectivity index (χ3v) is 4.91. The van der Waals surface area contributed by atoms with E-state index in [1.165, 1.54) is 21.8 Å². The van der Waals surface area contributed by atoms with E-state index < -0.39 is 0 Å². The van der Waals surface area contributed by atoms with E-state index in [1.54, 1.807) is 55.8 Å². The van der Waals surface area contributed by atoms with Gasteiger partial charge >= 0.3 is 0 Å². The summed E-state index contributed by atoms with van der Waals surface area (Å²) < 4.78 is 7.92. The molecule has 2 amide bonds. The third-order valence-electron chi connectivity index (χ3n) is 4.91. The Kier molecular flexibility index (Phi) is 6.44. The predicted molar refractivity (Wildman–Crippen MR) is 123 cm³/mol. The SMILES string of the molecule is COc1ccc(NC(=O)Cn2cc(NC(=O)CCn3cnc4ccccc4c3=O)cn2)cc1. The average Bonchev–Trinajstić information content (AvgIpc) is 3.25. The molecule has 0 radical (unpaired) electrons. The lowest BCUT2D eigenvalue weighted by atomic mass is 10.2. The second-order valence-electron chi connectivity index (χ2n) is 7.26. The van der Waals surface area contributed by atoms with Crippen LogP contribution in [0, 0.1) is 0 Å². The highest BCUT2D eigenvalue weighted by Crippen LogP contribution is 2.15. The molecule has 2 heterocycles. The van der Waals surface area contributed by atoms with Crippen molar-refractivity contribution in [3.63, 3.8) is 0 Å². The van der Waals surface area contributed by atoms with Crippen LogP contribution in [-0.4, -0.2) is 38.3 Å². The maximum atomic E-state index is 12.5. The molecule has 4 aromatic rings. The van der Waals surface area contributed by atoms with Crippen LogP contribution in [0.25, 0.3) is 10.9 Å². The van der Waals surface area contributed by atoms with Crippen molar-refractivity contribution in [1.29, 1.82) is 0 Å². The van der Waals surface area contributed by atoms with Gasteiger partial charge in [0, 0.05) is 24.8 Å². The predicted octanol–water partition coefficient (Wildman–Crippen LogP) is 2.27. The number of hydrogen-bond acceptors (Lipinski definition) is 6. The lowest BCUT2D eigenvalue weighted by Gasteiger charge is -2.07. The number of benzene rings is 2. The van der Waals surface area contributed by atoms with Crippen LogP contribution in [0.15, 0.2) is 72.0 Å². The maximum absolute atomic E-state index is 12.5. The van der Waals surface area contributed by atoms with Crippen LogP contribution in [0.4, 0.5) is 11.4 Å². The van der Waals surface area contributed by atoms with Gasteiger partial charge in [-0.3, -0.25) is 23.6 Å². The fourth-order valence-corrected chi connectivity index (χ4v) is 3.25. The minimum atomic E-state index is -0.280. The Morgan fingerprint density at radius 3 is 2.55 bits per heavy atom. The van der Waals surface area contributed by atoms with Gasteiger partial charge in [0.15, 0.2) is 0 Å². The van der Waals surface area contributed by atoms with E-state index in [-0.39, 0.29) is 36.9 Å². The largest absolute Gasteiger partial charge is 0.497 e. The molecule has 33 heavy (non-hydrogen) atoms. The fourth-order valence-electron chi connectivity index (χ4n) is 3.25. The molecule has 0 aliphatic heterocycles. The summed E-state index contributed by atoms with van der Waals surface area (Å²) in [6.45, 7) is 0.182. The summed E-state index contributed by atoms with van der Waals surface area (Å²) in [6.07, 6.45) is 4.55. The number of para-hydroxylation sites is 1. The molecule has 4 rings (SSSR count). The molecule has 10 heteroatoms. The monoisotopic (exact) mass is 446 g/mol. The number of amides is 2. The standard InChI is InChI=1S/C23H22N6O4/c1-33-18-8-6-16(7-9-18)26-22(31)14-29-13-17(12-25-29)27-21(30)10-11-28-15-24-20-5-3-2-4-19(20)23(28)32/h2-9,12-13,15H,10-11,14H2,1H3,(H,26,31)(H,27,30). The maximum Gasteiger partial charge on any atom is 0.261 e. The van der Waals surface area contributed by atoms with Crippen molar-refractivity contribution in [2.24, 2.45) is 0 Å². The van der Waals surface area contributed by atoms with E-state index in [1.807, 2.05) is 6.07 Å². The molecule has 0 bridgehead atoms. The summed E-state index contributed by atoms with van der Waals surface area (Å²) >= 11 is 0. The number of aryl methyl sites for hydroxylation is 1. The van der Waals surface area contributed by atoms with Crippen LogP contribution in [0.1, 0.15) is 6.42 Å². The molecule has 0 unspecified atom stereocenters. The Morgan fingerprint density at radius 1 is 1.00 bits per heavy atom. The highest BCUT2D eigenvalue weighted by molar-refractivity contribution is 5.91. The molecular weight excluding hydrogens is 424 g/mol. The zero-order chi connectivity index (χ0) is 23.2. The van der Waals surface area contributed by atoms with Gasteiger partial charge in [-0.2, -0.15) is 5.10 Å². The smallest absolute Gasteiger partial charge is 0.261 e. The Balaban J connectivity index is 1.29. The third kappa shape index (κ3) is 5.42. The number of methoxy groups -OCH3 is 1. The molecule has 0 fully saturated rings. The zero-order valence-electron chi connectivity index (χ0n) is 17.9. The number of nitrogens with zero attached hydrogens (tertiary/aromatic N) is 4. The van der Waals surface area contributed by atoms with E-state index >= 15 is 0 Å². The van der Waals surface area contributed by atoms with Crippen molar-refractivity contribution >= 4 is 34.1 Å². The molecule has 2 aromatic heterocycles. The van der Waals surface area contributed by atoms with Gasteiger partial charge in [-0.15, -0.1) is 0 Å². The molecule has 0 aliphatic carbocycles. The van der Waals surface area contributed by atoms with E-state index in [2.05, 4.69) is 20.7 Å². The van der Waals surface area contributed by atoms with Crippen LogP contribution in [-0.2, 0) is 22.7 Å². The van der Waals surface area contributed by atoms with Crippen LogP contribution >= 0.6 is 0 Å². The minimum absolute atomic E-state index is 0.0138. The van der Waals surface area contributed by atoms with Crippen LogP contribution < -0.4 is 20.9 Å². The van der Waals surface area contributed by atoms with Gasteiger partial charge < -0.3 is 15.4 Å². The molecule has 0 saturated heterocycles. The first-order chi connectivity index (χ1) is 16.0. The number of ether oxygens (including phenoxy) is 1. The second-order valence-corrected chi connectivity index (χ2v) is 7.26. The minimum Gasteiger partial charge on any atom is -0.497 e. The topological polar surface area (TPSA) is 120 Å². The van der Waals surface area contributed by atoms with Gasteiger partial charge in [0.1, 0.15) is 12.3 Å². The lowest BCUT2D eigenvalue weighted by molar-refractivity contribution is -0.117. The summed E-state index contributed by atoms with van der Waals surface area (Å²) in [6, 6.07) is 14.0. The molecule has 2 N–H and O–H groups in total. The summed E-state index contributed by atoms with van der Waals surface area (Å²) in [5.41, 5.74) is 1.52. The summed E-state index contributed by atoms with van der Waals surface area (Å²) in [4.78, 5) is 41.3. The van der Waals surface area contributed by atoms with E-state index in [0.29, 0.717) is 28.0 Å². The normalized spacial score (nSPS) is 10.7. The number of nitrogens with one attached hydrogen (secondary N) is 2. The van der Waals surface area contributed by atoms with Crippen molar-refractivity contribution < 1.29 is 14.3 Å². The summed E-state index contributed by atoms with van der Waals surface area (Å²) in [5.74, 6) is 0.156. The van der Waals surface area contributed by atoms with Crippen molar-refractivity contribution in [2.75, 3.05) is 17.7 Å². The lowest BCUT2D eigenvalue weighted by Crippen LogP contribution is -2.23. The quantitative estimate of drug-likeness (QED) is 0.428. The summed E-state index contributed by atoms with van der Waals surface area (Å²) in [5, 5.41) is 10.1. The number of carbonyl (C=O) groups excluding carboxylic acids is 2. The van der Waals surface area contributed by atoms with Crippen LogP contribution in [0.3, 0.4) is 0 Å². The zero-order valence-corrected chi connectivity index (χ0v) is 17.9. The fraction of sp³-hybridized carbons (Fsp3) is 0.174. The highest BCUT2D eigenvalue weighted by atomic mass is 16.5. The molecule has 168 valence electrons. The van der Waals surface area contributed by atoms with Gasteiger partial charge in [0.2, 0.25) is 11.8 Å². The van der Waals surface area contributed by atoms with Crippen molar-refractivity contribution in [1.82, 2.24) is 19.3 Å². The van der Waals surface area contributed by atoms with Gasteiger partial charge in [-0.1, -0.05) is 12.1 Å². The van der Waals surface area contributed by atoms with Gasteiger partial charge in [-0.25, -0.2) is 4.98 Å². The van der Waals surface area contributed by atoms with Crippen LogP contribution in [0.2, 0.25) is 0 Å². The molecule has 0 atom stereocenters. The van der Waals surface area contributed by atoms with Crippen molar-refractivity contribution in [2.45, 2.75) is 19.5 Å². The molecule has 0 aliphatic rings. The van der Waals surface area contributed by atoms with Gasteiger partial charge in [0.05, 0.1) is 36.2 Å². The van der Waals surface area contributed by atoms with Gasteiger partial charge in [0.25, 0.3) is 5.56 Å². The number of rotatable bonds is 8. The molecule has 0 spiro atoms. The molecule has 0 saturated carbocycles. The Hall–Kier alpha value is -4.47. The van der Waals surface area contributed by atoms with E-state index in [0.717, 1.165) is 0 Å². The first-order valence-electron chi connectivity index (χ1n) is 10.2. The number of fused-ring (bicyclic) bond motifs is 1. The second kappa shape index (κ2) is 9.77.